The number of quaternary nitrogens is 1. The predicted octanol–water partition coefficient (Wildman–Crippen LogP) is 1.77. The zero-order valence-corrected chi connectivity index (χ0v) is 17.7. The van der Waals surface area contributed by atoms with Crippen molar-refractivity contribution < 1.29 is 19.2 Å². The average Bonchev–Trinajstić information content (AvgIpc) is 2.78. The van der Waals surface area contributed by atoms with E-state index in [9.17, 15) is 9.59 Å². The Balaban J connectivity index is 1.34. The second kappa shape index (κ2) is 11.4. The molecule has 6 nitrogen and oxygen atoms in total. The minimum atomic E-state index is 0.0312. The summed E-state index contributed by atoms with van der Waals surface area (Å²) in [7, 11) is 0. The molecule has 0 bridgehead atoms. The Labute approximate surface area is 178 Å². The van der Waals surface area contributed by atoms with Gasteiger partial charge in [-0.3, -0.25) is 9.59 Å². The smallest absolute Gasteiger partial charge is 0.279 e. The molecule has 0 radical (unpaired) electrons. The molecule has 0 aromatic heterocycles. The number of hydrogen-bond acceptors (Lipinski definition) is 3. The molecule has 1 heterocycles. The van der Waals surface area contributed by atoms with E-state index in [1.165, 1.54) is 4.90 Å². The fraction of sp³-hybridized carbons (Fsp3) is 0.417. The molecule has 0 unspecified atom stereocenters. The molecular formula is C24H32N3O3+. The van der Waals surface area contributed by atoms with Crippen molar-refractivity contribution in [1.29, 1.82) is 0 Å². The minimum Gasteiger partial charge on any atom is -0.494 e. The molecule has 1 saturated heterocycles. The maximum absolute atomic E-state index is 12.4. The second-order valence-electron chi connectivity index (χ2n) is 7.63. The number of carbonyl (C=O) groups is 2. The summed E-state index contributed by atoms with van der Waals surface area (Å²) in [5, 5.41) is 3.04. The molecule has 1 aliphatic heterocycles. The van der Waals surface area contributed by atoms with Crippen molar-refractivity contribution in [3.63, 3.8) is 0 Å². The summed E-state index contributed by atoms with van der Waals surface area (Å²) in [5.74, 6) is 1.04. The summed E-state index contributed by atoms with van der Waals surface area (Å²) >= 11 is 0. The summed E-state index contributed by atoms with van der Waals surface area (Å²) in [6.07, 6.45) is 2.09. The Morgan fingerprint density at radius 3 is 2.47 bits per heavy atom. The summed E-state index contributed by atoms with van der Waals surface area (Å²) in [6, 6.07) is 17.6. The van der Waals surface area contributed by atoms with Gasteiger partial charge in [0.1, 0.15) is 5.75 Å². The van der Waals surface area contributed by atoms with Gasteiger partial charge in [-0.05, 0) is 36.6 Å². The van der Waals surface area contributed by atoms with Crippen LogP contribution in [0.5, 0.6) is 5.75 Å². The van der Waals surface area contributed by atoms with Gasteiger partial charge in [0.05, 0.1) is 32.8 Å². The van der Waals surface area contributed by atoms with Gasteiger partial charge < -0.3 is 19.9 Å². The van der Waals surface area contributed by atoms with E-state index >= 15 is 0 Å². The normalized spacial score (nSPS) is 14.4. The molecule has 2 aromatic carbocycles. The Bertz CT molecular complexity index is 817. The van der Waals surface area contributed by atoms with Gasteiger partial charge in [-0.2, -0.15) is 0 Å². The summed E-state index contributed by atoms with van der Waals surface area (Å²) in [4.78, 5) is 28.0. The van der Waals surface area contributed by atoms with Crippen molar-refractivity contribution in [1.82, 2.24) is 4.90 Å². The molecular weight excluding hydrogens is 378 g/mol. The van der Waals surface area contributed by atoms with Crippen LogP contribution in [0.4, 0.5) is 5.69 Å². The molecule has 6 heteroatoms. The lowest BCUT2D eigenvalue weighted by Crippen LogP contribution is -3.15. The van der Waals surface area contributed by atoms with Crippen LogP contribution >= 0.6 is 0 Å². The largest absolute Gasteiger partial charge is 0.494 e. The number of benzene rings is 2. The first-order valence-electron chi connectivity index (χ1n) is 10.8. The number of anilines is 1. The van der Waals surface area contributed by atoms with E-state index in [2.05, 4.69) is 12.2 Å². The molecule has 0 atom stereocenters. The van der Waals surface area contributed by atoms with Crippen LogP contribution < -0.4 is 15.0 Å². The average molecular weight is 411 g/mol. The second-order valence-corrected chi connectivity index (χ2v) is 7.63. The Kier molecular flexibility index (Phi) is 8.27. The Hall–Kier alpha value is -2.86. The quantitative estimate of drug-likeness (QED) is 0.620. The molecule has 1 fully saturated rings. The van der Waals surface area contributed by atoms with E-state index in [1.54, 1.807) is 0 Å². The summed E-state index contributed by atoms with van der Waals surface area (Å²) in [5.41, 5.74) is 2.04. The lowest BCUT2D eigenvalue weighted by molar-refractivity contribution is -0.895. The van der Waals surface area contributed by atoms with E-state index in [4.69, 9.17) is 4.74 Å². The standard InChI is InChI=1S/C24H31N3O3/c1-2-20-9-6-7-12-22(20)25-23(28)19-26-14-16-27(17-15-26)24(29)13-8-18-30-21-10-4-3-5-11-21/h3-7,9-12H,2,8,13-19H2,1H3,(H,25,28)/p+1. The lowest BCUT2D eigenvalue weighted by atomic mass is 10.1. The van der Waals surface area contributed by atoms with Crippen LogP contribution in [0.2, 0.25) is 0 Å². The SMILES string of the molecule is CCc1ccccc1NC(=O)C[NH+]1CCN(C(=O)CCCOc2ccccc2)CC1. The zero-order valence-electron chi connectivity index (χ0n) is 17.7. The van der Waals surface area contributed by atoms with E-state index in [-0.39, 0.29) is 11.8 Å². The number of nitrogens with zero attached hydrogens (tertiary/aromatic N) is 1. The van der Waals surface area contributed by atoms with E-state index in [0.29, 0.717) is 39.1 Å². The first-order chi connectivity index (χ1) is 14.7. The zero-order chi connectivity index (χ0) is 21.2. The number of ether oxygens (including phenoxy) is 1. The number of aryl methyl sites for hydroxylation is 1. The molecule has 3 rings (SSSR count). The van der Waals surface area contributed by atoms with E-state index < -0.39 is 0 Å². The van der Waals surface area contributed by atoms with Crippen LogP contribution in [-0.2, 0) is 16.0 Å². The van der Waals surface area contributed by atoms with Crippen molar-refractivity contribution in [3.8, 4) is 5.75 Å². The third-order valence-electron chi connectivity index (χ3n) is 5.45. The van der Waals surface area contributed by atoms with Crippen LogP contribution in [0.1, 0.15) is 25.3 Å². The monoisotopic (exact) mass is 410 g/mol. The predicted molar refractivity (Wildman–Crippen MR) is 118 cm³/mol. The molecule has 0 saturated carbocycles. The Morgan fingerprint density at radius 1 is 1.03 bits per heavy atom. The number of nitrogens with one attached hydrogen (secondary N) is 2. The van der Waals surface area contributed by atoms with Crippen molar-refractivity contribution in [3.05, 3.63) is 60.2 Å². The number of piperazine rings is 1. The number of carbonyl (C=O) groups excluding carboxylic acids is 2. The highest BCUT2D eigenvalue weighted by Gasteiger charge is 2.25. The van der Waals surface area contributed by atoms with Gasteiger partial charge >= 0.3 is 0 Å². The number of hydrogen-bond donors (Lipinski definition) is 2. The van der Waals surface area contributed by atoms with Crippen molar-refractivity contribution in [2.75, 3.05) is 44.6 Å². The molecule has 1 aliphatic rings. The highest BCUT2D eigenvalue weighted by molar-refractivity contribution is 5.92. The molecule has 0 spiro atoms. The van der Waals surface area contributed by atoms with Gasteiger partial charge in [0.25, 0.3) is 5.91 Å². The fourth-order valence-electron chi connectivity index (χ4n) is 3.71. The van der Waals surface area contributed by atoms with Crippen LogP contribution in [0.25, 0.3) is 0 Å². The molecule has 30 heavy (non-hydrogen) atoms. The third-order valence-corrected chi connectivity index (χ3v) is 5.45. The third kappa shape index (κ3) is 6.59. The van der Waals surface area contributed by atoms with Gasteiger partial charge in [0, 0.05) is 12.1 Å². The van der Waals surface area contributed by atoms with Crippen LogP contribution in [0, 0.1) is 0 Å². The lowest BCUT2D eigenvalue weighted by Gasteiger charge is -2.32. The van der Waals surface area contributed by atoms with Crippen molar-refractivity contribution in [2.24, 2.45) is 0 Å². The summed E-state index contributed by atoms with van der Waals surface area (Å²) < 4.78 is 5.65. The fourth-order valence-corrected chi connectivity index (χ4v) is 3.71. The Morgan fingerprint density at radius 2 is 1.73 bits per heavy atom. The highest BCUT2D eigenvalue weighted by atomic mass is 16.5. The van der Waals surface area contributed by atoms with Gasteiger partial charge in [-0.25, -0.2) is 0 Å². The van der Waals surface area contributed by atoms with Gasteiger partial charge in [-0.1, -0.05) is 43.3 Å². The maximum atomic E-state index is 12.4. The maximum Gasteiger partial charge on any atom is 0.279 e. The number of rotatable bonds is 9. The van der Waals surface area contributed by atoms with Gasteiger partial charge in [0.15, 0.2) is 6.54 Å². The first-order valence-corrected chi connectivity index (χ1v) is 10.8. The summed E-state index contributed by atoms with van der Waals surface area (Å²) in [6.45, 7) is 6.06. The number of para-hydroxylation sites is 2. The van der Waals surface area contributed by atoms with Gasteiger partial charge in [0.2, 0.25) is 5.91 Å². The van der Waals surface area contributed by atoms with E-state index in [0.717, 1.165) is 36.5 Å². The first kappa shape index (κ1) is 21.8. The molecule has 2 amide bonds. The van der Waals surface area contributed by atoms with Crippen molar-refractivity contribution in [2.45, 2.75) is 26.2 Å². The topological polar surface area (TPSA) is 63.1 Å². The number of amides is 2. The van der Waals surface area contributed by atoms with Crippen LogP contribution in [0.3, 0.4) is 0 Å². The van der Waals surface area contributed by atoms with E-state index in [1.807, 2.05) is 59.5 Å². The van der Waals surface area contributed by atoms with Gasteiger partial charge in [-0.15, -0.1) is 0 Å². The highest BCUT2D eigenvalue weighted by Crippen LogP contribution is 2.15. The van der Waals surface area contributed by atoms with Crippen LogP contribution in [0.15, 0.2) is 54.6 Å². The minimum absolute atomic E-state index is 0.0312. The molecule has 2 N–H and O–H groups in total. The molecule has 160 valence electrons. The molecule has 2 aromatic rings. The van der Waals surface area contributed by atoms with Crippen LogP contribution in [-0.4, -0.2) is 56.0 Å². The van der Waals surface area contributed by atoms with Crippen molar-refractivity contribution >= 4 is 17.5 Å². The molecule has 0 aliphatic carbocycles.